The summed E-state index contributed by atoms with van der Waals surface area (Å²) in [6, 6.07) is 13.4. The van der Waals surface area contributed by atoms with E-state index in [1.54, 1.807) is 0 Å². The zero-order valence-electron chi connectivity index (χ0n) is 19.9. The van der Waals surface area contributed by atoms with E-state index in [-0.39, 0.29) is 24.0 Å². The van der Waals surface area contributed by atoms with Gasteiger partial charge >= 0.3 is 7.82 Å². The SMILES string of the molecule is CC(=O)N[C@@H](Cc1ccc(OP(=O)(O)O)cc1)C(=O)N[C@@H](CC(C)C)C(=O)NCc1ccccc1. The Bertz CT molecular complexity index is 1040. The molecule has 10 nitrogen and oxygen atoms in total. The average Bonchev–Trinajstić information content (AvgIpc) is 2.77. The molecule has 11 heteroatoms. The van der Waals surface area contributed by atoms with Crippen LogP contribution in [0.15, 0.2) is 54.6 Å². The van der Waals surface area contributed by atoms with Gasteiger partial charge < -0.3 is 20.5 Å². The lowest BCUT2D eigenvalue weighted by molar-refractivity contribution is -0.132. The molecular formula is C24H32N3O7P. The molecule has 0 aliphatic carbocycles. The Labute approximate surface area is 204 Å². The van der Waals surface area contributed by atoms with Gasteiger partial charge in [-0.1, -0.05) is 56.3 Å². The van der Waals surface area contributed by atoms with Crippen molar-refractivity contribution in [3.63, 3.8) is 0 Å². The Hall–Kier alpha value is -3.20. The Morgan fingerprint density at radius 3 is 2.06 bits per heavy atom. The normalized spacial score (nSPS) is 13.0. The maximum absolute atomic E-state index is 13.1. The number of benzene rings is 2. The van der Waals surface area contributed by atoms with Crippen LogP contribution in [0.25, 0.3) is 0 Å². The summed E-state index contributed by atoms with van der Waals surface area (Å²) in [6.45, 7) is 5.49. The molecule has 0 fully saturated rings. The molecule has 2 aromatic carbocycles. The minimum Gasteiger partial charge on any atom is -0.404 e. The lowest BCUT2D eigenvalue weighted by Crippen LogP contribution is -2.54. The van der Waals surface area contributed by atoms with Crippen LogP contribution in [0.4, 0.5) is 0 Å². The molecule has 35 heavy (non-hydrogen) atoms. The van der Waals surface area contributed by atoms with Crippen LogP contribution in [0.5, 0.6) is 5.75 Å². The second-order valence-corrected chi connectivity index (χ2v) is 9.74. The van der Waals surface area contributed by atoms with E-state index in [0.29, 0.717) is 18.5 Å². The number of hydrogen-bond donors (Lipinski definition) is 5. The molecule has 2 aromatic rings. The van der Waals surface area contributed by atoms with Gasteiger partial charge in [0.2, 0.25) is 17.7 Å². The number of hydrogen-bond acceptors (Lipinski definition) is 5. The van der Waals surface area contributed by atoms with Gasteiger partial charge in [0.15, 0.2) is 0 Å². The monoisotopic (exact) mass is 505 g/mol. The molecule has 190 valence electrons. The third-order valence-corrected chi connectivity index (χ3v) is 5.38. The first-order valence-electron chi connectivity index (χ1n) is 11.2. The fourth-order valence-electron chi connectivity index (χ4n) is 3.40. The molecule has 0 bridgehead atoms. The minimum atomic E-state index is -4.69. The van der Waals surface area contributed by atoms with Gasteiger partial charge in [-0.05, 0) is 35.6 Å². The van der Waals surface area contributed by atoms with E-state index in [0.717, 1.165) is 5.56 Å². The summed E-state index contributed by atoms with van der Waals surface area (Å²) in [5.41, 5.74) is 1.55. The highest BCUT2D eigenvalue weighted by Crippen LogP contribution is 2.37. The van der Waals surface area contributed by atoms with Crippen molar-refractivity contribution in [1.29, 1.82) is 0 Å². The Balaban J connectivity index is 2.09. The first-order chi connectivity index (χ1) is 16.4. The molecule has 0 spiro atoms. The van der Waals surface area contributed by atoms with Gasteiger partial charge in [0.1, 0.15) is 17.8 Å². The van der Waals surface area contributed by atoms with Crippen molar-refractivity contribution in [2.24, 2.45) is 5.92 Å². The number of rotatable bonds is 12. The maximum Gasteiger partial charge on any atom is 0.524 e. The molecule has 0 aliphatic heterocycles. The predicted molar refractivity (Wildman–Crippen MR) is 130 cm³/mol. The smallest absolute Gasteiger partial charge is 0.404 e. The van der Waals surface area contributed by atoms with E-state index in [1.165, 1.54) is 31.2 Å². The van der Waals surface area contributed by atoms with Gasteiger partial charge in [-0.2, -0.15) is 0 Å². The third kappa shape index (κ3) is 10.7. The van der Waals surface area contributed by atoms with Crippen molar-refractivity contribution in [2.75, 3.05) is 0 Å². The zero-order valence-corrected chi connectivity index (χ0v) is 20.8. The summed E-state index contributed by atoms with van der Waals surface area (Å²) in [5.74, 6) is -1.16. The summed E-state index contributed by atoms with van der Waals surface area (Å²) >= 11 is 0. The molecule has 2 rings (SSSR count). The second kappa shape index (κ2) is 13.0. The topological polar surface area (TPSA) is 154 Å². The first-order valence-corrected chi connectivity index (χ1v) is 12.7. The lowest BCUT2D eigenvalue weighted by Gasteiger charge is -2.24. The highest BCUT2D eigenvalue weighted by molar-refractivity contribution is 7.46. The number of carbonyl (C=O) groups excluding carboxylic acids is 3. The Kier molecular flexibility index (Phi) is 10.4. The van der Waals surface area contributed by atoms with Gasteiger partial charge in [0, 0.05) is 19.9 Å². The molecule has 2 atom stereocenters. The predicted octanol–water partition coefficient (Wildman–Crippen LogP) is 2.05. The van der Waals surface area contributed by atoms with Crippen LogP contribution in [-0.2, 0) is 31.9 Å². The Morgan fingerprint density at radius 2 is 1.51 bits per heavy atom. The average molecular weight is 506 g/mol. The summed E-state index contributed by atoms with van der Waals surface area (Å²) in [4.78, 5) is 55.5. The fourth-order valence-corrected chi connectivity index (χ4v) is 3.79. The summed E-state index contributed by atoms with van der Waals surface area (Å²) in [7, 11) is -4.69. The number of amides is 3. The number of phosphoric ester groups is 1. The summed E-state index contributed by atoms with van der Waals surface area (Å²) in [5, 5.41) is 8.20. The third-order valence-electron chi connectivity index (χ3n) is 4.93. The molecule has 5 N–H and O–H groups in total. The van der Waals surface area contributed by atoms with Crippen LogP contribution < -0.4 is 20.5 Å². The van der Waals surface area contributed by atoms with Gasteiger partial charge in [0.05, 0.1) is 0 Å². The van der Waals surface area contributed by atoms with Crippen molar-refractivity contribution < 1.29 is 33.3 Å². The van der Waals surface area contributed by atoms with Gasteiger partial charge in [-0.25, -0.2) is 4.57 Å². The molecule has 0 radical (unpaired) electrons. The van der Waals surface area contributed by atoms with Gasteiger partial charge in [0.25, 0.3) is 0 Å². The first kappa shape index (κ1) is 28.0. The zero-order chi connectivity index (χ0) is 26.0. The van der Waals surface area contributed by atoms with Crippen molar-refractivity contribution in [1.82, 2.24) is 16.0 Å². The van der Waals surface area contributed by atoms with E-state index in [1.807, 2.05) is 44.2 Å². The quantitative estimate of drug-likeness (QED) is 0.277. The molecule has 0 aromatic heterocycles. The molecule has 0 heterocycles. The summed E-state index contributed by atoms with van der Waals surface area (Å²) < 4.78 is 15.5. The molecule has 0 saturated heterocycles. The summed E-state index contributed by atoms with van der Waals surface area (Å²) in [6.07, 6.45) is 0.509. The van der Waals surface area contributed by atoms with E-state index in [9.17, 15) is 18.9 Å². The highest BCUT2D eigenvalue weighted by Gasteiger charge is 2.27. The standard InChI is InChI=1S/C24H32N3O7P/c1-16(2)13-21(23(29)25-15-19-7-5-4-6-8-19)27-24(30)22(26-17(3)28)14-18-9-11-20(12-10-18)34-35(31,32)33/h4-12,16,21-22H,13-15H2,1-3H3,(H,25,29)(H,26,28)(H,27,30)(H2,31,32,33)/t21-,22-/m0/s1. The van der Waals surface area contributed by atoms with Crippen molar-refractivity contribution in [3.8, 4) is 5.75 Å². The second-order valence-electron chi connectivity index (χ2n) is 8.58. The van der Waals surface area contributed by atoms with Crippen molar-refractivity contribution in [2.45, 2.75) is 52.2 Å². The van der Waals surface area contributed by atoms with E-state index >= 15 is 0 Å². The number of nitrogens with one attached hydrogen (secondary N) is 3. The van der Waals surface area contributed by atoms with Crippen LogP contribution >= 0.6 is 7.82 Å². The van der Waals surface area contributed by atoms with Crippen molar-refractivity contribution >= 4 is 25.5 Å². The molecular weight excluding hydrogens is 473 g/mol. The maximum atomic E-state index is 13.1. The minimum absolute atomic E-state index is 0.0327. The van der Waals surface area contributed by atoms with Crippen LogP contribution in [0.1, 0.15) is 38.3 Å². The molecule has 3 amide bonds. The van der Waals surface area contributed by atoms with Gasteiger partial charge in [-0.15, -0.1) is 0 Å². The molecule has 0 aliphatic rings. The number of phosphoric acid groups is 1. The van der Waals surface area contributed by atoms with Crippen LogP contribution in [-0.4, -0.2) is 39.6 Å². The van der Waals surface area contributed by atoms with Crippen molar-refractivity contribution in [3.05, 3.63) is 65.7 Å². The van der Waals surface area contributed by atoms with Gasteiger partial charge in [-0.3, -0.25) is 24.2 Å². The van der Waals surface area contributed by atoms with Crippen LogP contribution in [0.3, 0.4) is 0 Å². The highest BCUT2D eigenvalue weighted by atomic mass is 31.2. The fraction of sp³-hybridized carbons (Fsp3) is 0.375. The molecule has 0 unspecified atom stereocenters. The largest absolute Gasteiger partial charge is 0.524 e. The number of carbonyl (C=O) groups is 3. The lowest BCUT2D eigenvalue weighted by atomic mass is 10.0. The van der Waals surface area contributed by atoms with E-state index in [4.69, 9.17) is 9.79 Å². The molecule has 0 saturated carbocycles. The van der Waals surface area contributed by atoms with Crippen LogP contribution in [0.2, 0.25) is 0 Å². The van der Waals surface area contributed by atoms with E-state index < -0.39 is 31.7 Å². The van der Waals surface area contributed by atoms with E-state index in [2.05, 4.69) is 20.5 Å². The Morgan fingerprint density at radius 1 is 0.886 bits per heavy atom. The van der Waals surface area contributed by atoms with Crippen LogP contribution in [0, 0.1) is 5.92 Å².